The molecule has 0 radical (unpaired) electrons. The Morgan fingerprint density at radius 2 is 1.94 bits per heavy atom. The molecule has 0 saturated heterocycles. The molecular formula is C13H18BrNO2. The third kappa shape index (κ3) is 2.43. The maximum absolute atomic E-state index is 9.86. The molecule has 1 saturated carbocycles. The molecule has 0 atom stereocenters. The zero-order valence-electron chi connectivity index (χ0n) is 10.0. The van der Waals surface area contributed by atoms with Crippen LogP contribution in [0.2, 0.25) is 0 Å². The van der Waals surface area contributed by atoms with E-state index in [1.54, 1.807) is 19.2 Å². The molecule has 3 nitrogen and oxygen atoms in total. The van der Waals surface area contributed by atoms with E-state index in [2.05, 4.69) is 15.9 Å². The Labute approximate surface area is 110 Å². The number of ether oxygens (including phenoxy) is 1. The first-order valence-electron chi connectivity index (χ1n) is 5.93. The molecule has 0 bridgehead atoms. The first-order valence-corrected chi connectivity index (χ1v) is 6.72. The highest BCUT2D eigenvalue weighted by Crippen LogP contribution is 2.42. The number of halogens is 1. The minimum absolute atomic E-state index is 0.154. The van der Waals surface area contributed by atoms with Gasteiger partial charge in [0.15, 0.2) is 11.5 Å². The fourth-order valence-electron chi connectivity index (χ4n) is 2.54. The van der Waals surface area contributed by atoms with Crippen LogP contribution in [0.5, 0.6) is 11.5 Å². The number of methoxy groups -OCH3 is 1. The van der Waals surface area contributed by atoms with Crippen molar-refractivity contribution in [2.45, 2.75) is 37.6 Å². The molecule has 1 aromatic rings. The van der Waals surface area contributed by atoms with E-state index in [1.165, 1.54) is 6.42 Å². The quantitative estimate of drug-likeness (QED) is 0.881. The predicted molar refractivity (Wildman–Crippen MR) is 71.3 cm³/mol. The summed E-state index contributed by atoms with van der Waals surface area (Å²) < 4.78 is 5.99. The monoisotopic (exact) mass is 299 g/mol. The average molecular weight is 300 g/mol. The van der Waals surface area contributed by atoms with Crippen molar-refractivity contribution in [1.82, 2.24) is 0 Å². The van der Waals surface area contributed by atoms with E-state index in [0.29, 0.717) is 5.75 Å². The summed E-state index contributed by atoms with van der Waals surface area (Å²) in [6.45, 7) is 0. The summed E-state index contributed by atoms with van der Waals surface area (Å²) >= 11 is 3.52. The van der Waals surface area contributed by atoms with Crippen LogP contribution in [0.15, 0.2) is 16.6 Å². The maximum Gasteiger partial charge on any atom is 0.161 e. The molecule has 0 spiro atoms. The van der Waals surface area contributed by atoms with E-state index in [0.717, 1.165) is 35.7 Å². The van der Waals surface area contributed by atoms with Crippen molar-refractivity contribution in [3.63, 3.8) is 0 Å². The molecule has 1 fully saturated rings. The molecule has 17 heavy (non-hydrogen) atoms. The van der Waals surface area contributed by atoms with E-state index in [9.17, 15) is 5.11 Å². The topological polar surface area (TPSA) is 55.5 Å². The van der Waals surface area contributed by atoms with Crippen LogP contribution in [-0.2, 0) is 5.54 Å². The van der Waals surface area contributed by atoms with E-state index in [4.69, 9.17) is 10.5 Å². The fraction of sp³-hybridized carbons (Fsp3) is 0.538. The number of aromatic hydroxyl groups is 1. The highest BCUT2D eigenvalue weighted by atomic mass is 79.9. The summed E-state index contributed by atoms with van der Waals surface area (Å²) in [5.74, 6) is 0.626. The van der Waals surface area contributed by atoms with Crippen LogP contribution in [0.4, 0.5) is 0 Å². The molecule has 94 valence electrons. The van der Waals surface area contributed by atoms with Crippen molar-refractivity contribution in [3.8, 4) is 11.5 Å². The molecule has 0 heterocycles. The summed E-state index contributed by atoms with van der Waals surface area (Å²) in [6, 6.07) is 3.52. The summed E-state index contributed by atoms with van der Waals surface area (Å²) in [5, 5.41) is 9.86. The Hall–Kier alpha value is -0.740. The Balaban J connectivity index is 2.41. The van der Waals surface area contributed by atoms with Gasteiger partial charge in [-0.2, -0.15) is 0 Å². The lowest BCUT2D eigenvalue weighted by molar-refractivity contribution is 0.298. The number of phenolic OH excluding ortho intramolecular Hbond substituents is 1. The number of nitrogens with two attached hydrogens (primary N) is 1. The Morgan fingerprint density at radius 1 is 1.29 bits per heavy atom. The molecule has 1 aliphatic carbocycles. The van der Waals surface area contributed by atoms with Crippen LogP contribution >= 0.6 is 15.9 Å². The molecule has 4 heteroatoms. The molecule has 0 aliphatic heterocycles. The van der Waals surface area contributed by atoms with Gasteiger partial charge in [0.2, 0.25) is 0 Å². The van der Waals surface area contributed by atoms with Crippen molar-refractivity contribution in [1.29, 1.82) is 0 Å². The van der Waals surface area contributed by atoms with Gasteiger partial charge in [0.1, 0.15) is 0 Å². The van der Waals surface area contributed by atoms with Crippen LogP contribution in [0.25, 0.3) is 0 Å². The number of hydrogen-bond donors (Lipinski definition) is 2. The summed E-state index contributed by atoms with van der Waals surface area (Å²) in [6.07, 6.45) is 5.49. The third-order valence-corrected chi connectivity index (χ3v) is 4.21. The molecule has 0 amide bonds. The van der Waals surface area contributed by atoms with E-state index >= 15 is 0 Å². The van der Waals surface area contributed by atoms with Gasteiger partial charge in [-0.15, -0.1) is 0 Å². The van der Waals surface area contributed by atoms with E-state index < -0.39 is 0 Å². The van der Waals surface area contributed by atoms with Gasteiger partial charge in [0.05, 0.1) is 7.11 Å². The molecule has 1 aromatic carbocycles. The lowest BCUT2D eigenvalue weighted by atomic mass is 9.77. The lowest BCUT2D eigenvalue weighted by Gasteiger charge is -2.34. The van der Waals surface area contributed by atoms with E-state index in [-0.39, 0.29) is 11.3 Å². The van der Waals surface area contributed by atoms with Crippen LogP contribution in [-0.4, -0.2) is 12.2 Å². The normalized spacial score (nSPS) is 19.0. The highest BCUT2D eigenvalue weighted by Gasteiger charge is 2.32. The average Bonchev–Trinajstić information content (AvgIpc) is 2.32. The first kappa shape index (κ1) is 12.7. The van der Waals surface area contributed by atoms with Crippen LogP contribution < -0.4 is 10.5 Å². The Kier molecular flexibility index (Phi) is 3.64. The predicted octanol–water partition coefficient (Wildman–Crippen LogP) is 3.28. The largest absolute Gasteiger partial charge is 0.504 e. The van der Waals surface area contributed by atoms with Gasteiger partial charge in [-0.3, -0.25) is 0 Å². The third-order valence-electron chi connectivity index (χ3n) is 3.55. The van der Waals surface area contributed by atoms with Crippen molar-refractivity contribution in [2.75, 3.05) is 7.11 Å². The standard InChI is InChI=1S/C13H18BrNO2/c1-17-12-8-10(14)9(7-11(12)16)13(15)5-3-2-4-6-13/h7-8,16H,2-6,15H2,1H3. The smallest absolute Gasteiger partial charge is 0.161 e. The minimum Gasteiger partial charge on any atom is -0.504 e. The summed E-state index contributed by atoms with van der Waals surface area (Å²) in [5.41, 5.74) is 7.12. The zero-order valence-corrected chi connectivity index (χ0v) is 11.6. The Bertz CT molecular complexity index is 414. The highest BCUT2D eigenvalue weighted by molar-refractivity contribution is 9.10. The van der Waals surface area contributed by atoms with Crippen molar-refractivity contribution in [3.05, 3.63) is 22.2 Å². The van der Waals surface area contributed by atoms with Crippen molar-refractivity contribution in [2.24, 2.45) is 5.73 Å². The van der Waals surface area contributed by atoms with Gasteiger partial charge in [-0.25, -0.2) is 0 Å². The molecule has 1 aliphatic rings. The number of rotatable bonds is 2. The number of hydrogen-bond acceptors (Lipinski definition) is 3. The van der Waals surface area contributed by atoms with Crippen molar-refractivity contribution < 1.29 is 9.84 Å². The number of phenols is 1. The molecule has 3 N–H and O–H groups in total. The van der Waals surface area contributed by atoms with E-state index in [1.807, 2.05) is 0 Å². The van der Waals surface area contributed by atoms with Gasteiger partial charge in [-0.05, 0) is 30.5 Å². The van der Waals surface area contributed by atoms with Crippen LogP contribution in [0, 0.1) is 0 Å². The second-order valence-electron chi connectivity index (χ2n) is 4.72. The fourth-order valence-corrected chi connectivity index (χ4v) is 3.26. The molecular weight excluding hydrogens is 282 g/mol. The first-order chi connectivity index (χ1) is 8.07. The Morgan fingerprint density at radius 3 is 2.53 bits per heavy atom. The van der Waals surface area contributed by atoms with Gasteiger partial charge in [0.25, 0.3) is 0 Å². The van der Waals surface area contributed by atoms with Gasteiger partial charge in [-0.1, -0.05) is 35.2 Å². The SMILES string of the molecule is COc1cc(Br)c(C2(N)CCCCC2)cc1O. The van der Waals surface area contributed by atoms with Gasteiger partial charge < -0.3 is 15.6 Å². The zero-order chi connectivity index (χ0) is 12.5. The summed E-state index contributed by atoms with van der Waals surface area (Å²) in [4.78, 5) is 0. The molecule has 2 rings (SSSR count). The molecule has 0 unspecified atom stereocenters. The number of benzene rings is 1. The second-order valence-corrected chi connectivity index (χ2v) is 5.58. The second kappa shape index (κ2) is 4.86. The van der Waals surface area contributed by atoms with Crippen molar-refractivity contribution >= 4 is 15.9 Å². The summed E-state index contributed by atoms with van der Waals surface area (Å²) in [7, 11) is 1.54. The van der Waals surface area contributed by atoms with Crippen LogP contribution in [0.1, 0.15) is 37.7 Å². The molecule has 0 aromatic heterocycles. The van der Waals surface area contributed by atoms with Gasteiger partial charge >= 0.3 is 0 Å². The minimum atomic E-state index is -0.319. The van der Waals surface area contributed by atoms with Gasteiger partial charge in [0, 0.05) is 10.0 Å². The maximum atomic E-state index is 9.86. The van der Waals surface area contributed by atoms with Crippen LogP contribution in [0.3, 0.4) is 0 Å². The lowest BCUT2D eigenvalue weighted by Crippen LogP contribution is -2.38.